The number of aromatic nitrogens is 1. The quantitative estimate of drug-likeness (QED) is 0.841. The average molecular weight is 251 g/mol. The Kier molecular flexibility index (Phi) is 3.44. The third-order valence-electron chi connectivity index (χ3n) is 2.26. The van der Waals surface area contributed by atoms with Crippen molar-refractivity contribution >= 4 is 17.5 Å². The number of rotatable bonds is 3. The van der Waals surface area contributed by atoms with Crippen LogP contribution in [0.15, 0.2) is 41.1 Å². The van der Waals surface area contributed by atoms with E-state index in [1.807, 2.05) is 6.07 Å². The third kappa shape index (κ3) is 2.85. The second-order valence-electron chi connectivity index (χ2n) is 3.60. The van der Waals surface area contributed by atoms with Crippen molar-refractivity contribution in [1.29, 1.82) is 0 Å². The van der Waals surface area contributed by atoms with Crippen molar-refractivity contribution in [2.45, 2.75) is 6.54 Å². The normalized spacial score (nSPS) is 10.2. The van der Waals surface area contributed by atoms with E-state index in [4.69, 9.17) is 16.0 Å². The van der Waals surface area contributed by atoms with Gasteiger partial charge in [-0.2, -0.15) is 0 Å². The summed E-state index contributed by atoms with van der Waals surface area (Å²) in [4.78, 5) is 17.5. The van der Waals surface area contributed by atoms with Crippen molar-refractivity contribution in [1.82, 2.24) is 9.88 Å². The van der Waals surface area contributed by atoms with Crippen molar-refractivity contribution in [2.75, 3.05) is 7.05 Å². The van der Waals surface area contributed by atoms with E-state index >= 15 is 0 Å². The largest absolute Gasteiger partial charge is 0.467 e. The SMILES string of the molecule is CN(Cc1ccco1)C(=O)c1cc(Cl)ccn1. The highest BCUT2D eigenvalue weighted by molar-refractivity contribution is 6.30. The van der Waals surface area contributed by atoms with Crippen LogP contribution in [0.1, 0.15) is 16.2 Å². The number of nitrogens with zero attached hydrogens (tertiary/aromatic N) is 2. The number of carbonyl (C=O) groups is 1. The molecule has 0 unspecified atom stereocenters. The molecule has 0 atom stereocenters. The van der Waals surface area contributed by atoms with Crippen LogP contribution in [0.4, 0.5) is 0 Å². The van der Waals surface area contributed by atoms with Gasteiger partial charge in [0.15, 0.2) is 0 Å². The van der Waals surface area contributed by atoms with Gasteiger partial charge in [0, 0.05) is 18.3 Å². The molecule has 1 amide bonds. The molecule has 0 aliphatic rings. The number of halogens is 1. The summed E-state index contributed by atoms with van der Waals surface area (Å²) < 4.78 is 5.17. The molecule has 0 aliphatic heterocycles. The molecule has 0 aliphatic carbocycles. The lowest BCUT2D eigenvalue weighted by Crippen LogP contribution is -2.26. The van der Waals surface area contributed by atoms with Crippen LogP contribution >= 0.6 is 11.6 Å². The van der Waals surface area contributed by atoms with Crippen LogP contribution in [0, 0.1) is 0 Å². The first-order valence-corrected chi connectivity index (χ1v) is 5.44. The first-order chi connectivity index (χ1) is 8.16. The molecule has 0 radical (unpaired) electrons. The maximum Gasteiger partial charge on any atom is 0.272 e. The van der Waals surface area contributed by atoms with E-state index in [1.54, 1.807) is 31.5 Å². The van der Waals surface area contributed by atoms with Crippen molar-refractivity contribution < 1.29 is 9.21 Å². The van der Waals surface area contributed by atoms with Gasteiger partial charge in [-0.3, -0.25) is 9.78 Å². The van der Waals surface area contributed by atoms with Crippen LogP contribution in [0.5, 0.6) is 0 Å². The van der Waals surface area contributed by atoms with E-state index in [2.05, 4.69) is 4.98 Å². The van der Waals surface area contributed by atoms with Crippen molar-refractivity contribution in [3.8, 4) is 0 Å². The number of pyridine rings is 1. The maximum atomic E-state index is 12.0. The predicted molar refractivity (Wildman–Crippen MR) is 63.8 cm³/mol. The smallest absolute Gasteiger partial charge is 0.272 e. The second-order valence-corrected chi connectivity index (χ2v) is 4.04. The molecule has 0 spiro atoms. The zero-order chi connectivity index (χ0) is 12.3. The fraction of sp³-hybridized carbons (Fsp3) is 0.167. The maximum absolute atomic E-state index is 12.0. The molecule has 0 bridgehead atoms. The second kappa shape index (κ2) is 5.01. The molecule has 5 heteroatoms. The minimum atomic E-state index is -0.191. The molecule has 17 heavy (non-hydrogen) atoms. The zero-order valence-electron chi connectivity index (χ0n) is 9.26. The first-order valence-electron chi connectivity index (χ1n) is 5.06. The van der Waals surface area contributed by atoms with Gasteiger partial charge in [-0.25, -0.2) is 0 Å². The van der Waals surface area contributed by atoms with E-state index in [9.17, 15) is 4.79 Å². The monoisotopic (exact) mass is 250 g/mol. The molecule has 2 rings (SSSR count). The molecule has 2 aromatic rings. The van der Waals surface area contributed by atoms with Crippen molar-refractivity contribution in [2.24, 2.45) is 0 Å². The van der Waals surface area contributed by atoms with Crippen LogP contribution < -0.4 is 0 Å². The molecule has 0 saturated carbocycles. The van der Waals surface area contributed by atoms with Gasteiger partial charge in [0.05, 0.1) is 12.8 Å². The molecule has 2 aromatic heterocycles. The van der Waals surface area contributed by atoms with E-state index in [-0.39, 0.29) is 5.91 Å². The Labute approximate surface area is 104 Å². The summed E-state index contributed by atoms with van der Waals surface area (Å²) in [6.45, 7) is 0.403. The van der Waals surface area contributed by atoms with E-state index in [1.165, 1.54) is 11.1 Å². The highest BCUT2D eigenvalue weighted by Crippen LogP contribution is 2.11. The summed E-state index contributed by atoms with van der Waals surface area (Å²) in [5.41, 5.74) is 0.326. The molecule has 2 heterocycles. The molecule has 0 fully saturated rings. The van der Waals surface area contributed by atoms with Crippen LogP contribution in [-0.4, -0.2) is 22.8 Å². The summed E-state index contributed by atoms with van der Waals surface area (Å²) in [6.07, 6.45) is 3.08. The highest BCUT2D eigenvalue weighted by Gasteiger charge is 2.14. The molecule has 0 saturated heterocycles. The van der Waals surface area contributed by atoms with Gasteiger partial charge >= 0.3 is 0 Å². The Bertz CT molecular complexity index is 511. The lowest BCUT2D eigenvalue weighted by Gasteiger charge is -2.14. The molecular formula is C12H11ClN2O2. The summed E-state index contributed by atoms with van der Waals surface area (Å²) >= 11 is 5.81. The summed E-state index contributed by atoms with van der Waals surface area (Å²) in [5, 5.41) is 0.495. The zero-order valence-corrected chi connectivity index (χ0v) is 10.0. The lowest BCUT2D eigenvalue weighted by molar-refractivity contribution is 0.0769. The first kappa shape index (κ1) is 11.7. The Balaban J connectivity index is 2.09. The summed E-state index contributed by atoms with van der Waals surface area (Å²) in [5.74, 6) is 0.534. The van der Waals surface area contributed by atoms with Crippen LogP contribution in [-0.2, 0) is 6.54 Å². The fourth-order valence-corrected chi connectivity index (χ4v) is 1.59. The molecule has 0 aromatic carbocycles. The molecule has 4 nitrogen and oxygen atoms in total. The van der Waals surface area contributed by atoms with Gasteiger partial charge in [-0.1, -0.05) is 11.6 Å². The van der Waals surface area contributed by atoms with Gasteiger partial charge in [-0.15, -0.1) is 0 Å². The van der Waals surface area contributed by atoms with Gasteiger partial charge in [0.25, 0.3) is 5.91 Å². The standard InChI is InChI=1S/C12H11ClN2O2/c1-15(8-10-3-2-6-17-10)12(16)11-7-9(13)4-5-14-11/h2-7H,8H2,1H3. The summed E-state index contributed by atoms with van der Waals surface area (Å²) in [7, 11) is 1.69. The van der Waals surface area contributed by atoms with Gasteiger partial charge < -0.3 is 9.32 Å². The minimum Gasteiger partial charge on any atom is -0.467 e. The fourth-order valence-electron chi connectivity index (χ4n) is 1.43. The predicted octanol–water partition coefficient (Wildman–Crippen LogP) is 2.60. The number of carbonyl (C=O) groups excluding carboxylic acids is 1. The van der Waals surface area contributed by atoms with Gasteiger partial charge in [-0.05, 0) is 24.3 Å². The Morgan fingerprint density at radius 2 is 2.35 bits per heavy atom. The number of amides is 1. The van der Waals surface area contributed by atoms with E-state index in [0.717, 1.165) is 5.76 Å². The van der Waals surface area contributed by atoms with E-state index in [0.29, 0.717) is 17.3 Å². The third-order valence-corrected chi connectivity index (χ3v) is 2.50. The van der Waals surface area contributed by atoms with Crippen LogP contribution in [0.3, 0.4) is 0 Å². The number of furan rings is 1. The number of hydrogen-bond donors (Lipinski definition) is 0. The van der Waals surface area contributed by atoms with Crippen molar-refractivity contribution in [3.05, 3.63) is 53.2 Å². The molecule has 0 N–H and O–H groups in total. The van der Waals surface area contributed by atoms with Gasteiger partial charge in [0.2, 0.25) is 0 Å². The Hall–Kier alpha value is -1.81. The average Bonchev–Trinajstić information content (AvgIpc) is 2.80. The molecule has 88 valence electrons. The Morgan fingerprint density at radius 1 is 1.53 bits per heavy atom. The molecular weight excluding hydrogens is 240 g/mol. The van der Waals surface area contributed by atoms with Crippen LogP contribution in [0.25, 0.3) is 0 Å². The number of hydrogen-bond acceptors (Lipinski definition) is 3. The van der Waals surface area contributed by atoms with Crippen LogP contribution in [0.2, 0.25) is 5.02 Å². The minimum absolute atomic E-state index is 0.191. The Morgan fingerprint density at radius 3 is 3.00 bits per heavy atom. The van der Waals surface area contributed by atoms with E-state index < -0.39 is 0 Å². The topological polar surface area (TPSA) is 46.3 Å². The summed E-state index contributed by atoms with van der Waals surface area (Å²) in [6, 6.07) is 6.77. The van der Waals surface area contributed by atoms with Gasteiger partial charge in [0.1, 0.15) is 11.5 Å². The lowest BCUT2D eigenvalue weighted by atomic mass is 10.3. The van der Waals surface area contributed by atoms with Crippen molar-refractivity contribution in [3.63, 3.8) is 0 Å². The highest BCUT2D eigenvalue weighted by atomic mass is 35.5.